The summed E-state index contributed by atoms with van der Waals surface area (Å²) in [5.41, 5.74) is 0.640. The number of rotatable bonds is 2. The largest absolute Gasteiger partial charge is 0.306 e. The Balaban J connectivity index is 1.79. The van der Waals surface area contributed by atoms with Gasteiger partial charge < -0.3 is 5.32 Å². The maximum absolute atomic E-state index is 11.5. The van der Waals surface area contributed by atoms with Crippen molar-refractivity contribution in [2.75, 3.05) is 5.75 Å². The number of nitrogens with one attached hydrogen (secondary N) is 1. The maximum Gasteiger partial charge on any atom is 0.173 e. The summed E-state index contributed by atoms with van der Waals surface area (Å²) < 4.78 is 23.0. The first-order valence-corrected chi connectivity index (χ1v) is 8.62. The second-order valence-corrected chi connectivity index (χ2v) is 9.21. The van der Waals surface area contributed by atoms with Crippen molar-refractivity contribution < 1.29 is 8.42 Å². The first kappa shape index (κ1) is 12.7. The highest BCUT2D eigenvalue weighted by Gasteiger charge is 2.59. The fourth-order valence-electron chi connectivity index (χ4n) is 4.61. The molecule has 0 aromatic carbocycles. The summed E-state index contributed by atoms with van der Waals surface area (Å²) in [6, 6.07) is 0.446. The maximum atomic E-state index is 11.5. The Morgan fingerprint density at radius 2 is 2.00 bits per heavy atom. The lowest BCUT2D eigenvalue weighted by Crippen LogP contribution is -2.53. The van der Waals surface area contributed by atoms with Crippen LogP contribution in [-0.4, -0.2) is 26.3 Å². The van der Waals surface area contributed by atoms with Gasteiger partial charge >= 0.3 is 0 Å². The predicted octanol–water partition coefficient (Wildman–Crippen LogP) is 2.10. The SMILES string of the molecule is CC1(C)C(NC2C=CS(=O)(=O)C2)[C@]2(C)CC[C@H]1C2. The van der Waals surface area contributed by atoms with Crippen LogP contribution in [0.5, 0.6) is 0 Å². The Morgan fingerprint density at radius 1 is 1.28 bits per heavy atom. The summed E-state index contributed by atoms with van der Waals surface area (Å²) >= 11 is 0. The molecule has 0 radical (unpaired) electrons. The summed E-state index contributed by atoms with van der Waals surface area (Å²) in [7, 11) is -2.95. The molecule has 102 valence electrons. The van der Waals surface area contributed by atoms with Gasteiger partial charge in [0.2, 0.25) is 0 Å². The molecule has 1 N–H and O–H groups in total. The van der Waals surface area contributed by atoms with Gasteiger partial charge in [0.05, 0.1) is 5.75 Å². The minimum absolute atomic E-state index is 0.00968. The quantitative estimate of drug-likeness (QED) is 0.835. The van der Waals surface area contributed by atoms with Gasteiger partial charge in [0.1, 0.15) is 0 Å². The van der Waals surface area contributed by atoms with Gasteiger partial charge in [-0.3, -0.25) is 0 Å². The number of sulfone groups is 1. The van der Waals surface area contributed by atoms with E-state index in [-0.39, 0.29) is 17.2 Å². The van der Waals surface area contributed by atoms with E-state index in [1.165, 1.54) is 24.7 Å². The van der Waals surface area contributed by atoms with Crippen LogP contribution in [0.1, 0.15) is 40.0 Å². The fourth-order valence-corrected chi connectivity index (χ4v) is 5.86. The van der Waals surface area contributed by atoms with Crippen LogP contribution in [0.25, 0.3) is 0 Å². The van der Waals surface area contributed by atoms with E-state index >= 15 is 0 Å². The monoisotopic (exact) mass is 269 g/mol. The average molecular weight is 269 g/mol. The summed E-state index contributed by atoms with van der Waals surface area (Å²) in [5, 5.41) is 5.00. The lowest BCUT2D eigenvalue weighted by molar-refractivity contribution is 0.105. The molecule has 3 rings (SSSR count). The van der Waals surface area contributed by atoms with Crippen molar-refractivity contribution >= 4 is 9.84 Å². The number of hydrogen-bond acceptors (Lipinski definition) is 3. The number of hydrogen-bond donors (Lipinski definition) is 1. The Kier molecular flexibility index (Phi) is 2.54. The van der Waals surface area contributed by atoms with Crippen LogP contribution < -0.4 is 5.32 Å². The first-order chi connectivity index (χ1) is 8.23. The molecule has 0 saturated heterocycles. The van der Waals surface area contributed by atoms with Gasteiger partial charge in [-0.2, -0.15) is 0 Å². The molecule has 0 amide bonds. The molecule has 0 spiro atoms. The molecular formula is C14H23NO2S. The van der Waals surface area contributed by atoms with Gasteiger partial charge in [0.15, 0.2) is 9.84 Å². The van der Waals surface area contributed by atoms with Gasteiger partial charge in [-0.25, -0.2) is 8.42 Å². The van der Waals surface area contributed by atoms with Crippen LogP contribution in [0.4, 0.5) is 0 Å². The molecule has 1 heterocycles. The van der Waals surface area contributed by atoms with E-state index in [1.807, 2.05) is 6.08 Å². The van der Waals surface area contributed by atoms with E-state index in [9.17, 15) is 8.42 Å². The standard InChI is InChI=1S/C14H23NO2S/c1-13(2)10-4-6-14(3,8-10)12(13)15-11-5-7-18(16,17)9-11/h5,7,10-12,15H,4,6,8-9H2,1-3H3/t10-,11?,12?,14+/m0/s1. The molecule has 2 unspecified atom stereocenters. The minimum Gasteiger partial charge on any atom is -0.306 e. The zero-order valence-electron chi connectivity index (χ0n) is 11.4. The van der Waals surface area contributed by atoms with Crippen molar-refractivity contribution in [1.29, 1.82) is 0 Å². The van der Waals surface area contributed by atoms with E-state index in [0.717, 1.165) is 5.92 Å². The van der Waals surface area contributed by atoms with Crippen LogP contribution in [-0.2, 0) is 9.84 Å². The van der Waals surface area contributed by atoms with E-state index in [0.29, 0.717) is 11.5 Å². The molecule has 2 fully saturated rings. The molecule has 3 nitrogen and oxygen atoms in total. The highest BCUT2D eigenvalue weighted by atomic mass is 32.2. The fraction of sp³-hybridized carbons (Fsp3) is 0.857. The van der Waals surface area contributed by atoms with Crippen LogP contribution in [0.3, 0.4) is 0 Å². The van der Waals surface area contributed by atoms with Crippen molar-refractivity contribution in [1.82, 2.24) is 5.32 Å². The zero-order valence-corrected chi connectivity index (χ0v) is 12.3. The minimum atomic E-state index is -2.95. The van der Waals surface area contributed by atoms with Gasteiger partial charge in [0.25, 0.3) is 0 Å². The normalized spacial score (nSPS) is 47.8. The third kappa shape index (κ3) is 1.76. The lowest BCUT2D eigenvalue weighted by atomic mass is 9.68. The summed E-state index contributed by atoms with van der Waals surface area (Å²) in [6.45, 7) is 7.05. The highest BCUT2D eigenvalue weighted by Crippen LogP contribution is 2.62. The molecule has 18 heavy (non-hydrogen) atoms. The van der Waals surface area contributed by atoms with Gasteiger partial charge in [-0.15, -0.1) is 0 Å². The zero-order chi connectivity index (χ0) is 13.2. The molecule has 4 atom stereocenters. The molecule has 2 bridgehead atoms. The Labute approximate surface area is 110 Å². The summed E-state index contributed by atoms with van der Waals surface area (Å²) in [4.78, 5) is 0. The molecule has 1 aliphatic heterocycles. The number of fused-ring (bicyclic) bond motifs is 2. The molecular weight excluding hydrogens is 246 g/mol. The van der Waals surface area contributed by atoms with Crippen molar-refractivity contribution in [2.45, 2.75) is 52.1 Å². The van der Waals surface area contributed by atoms with Crippen LogP contribution in [0, 0.1) is 16.7 Å². The van der Waals surface area contributed by atoms with Crippen molar-refractivity contribution in [3.05, 3.63) is 11.5 Å². The van der Waals surface area contributed by atoms with Crippen molar-refractivity contribution in [3.63, 3.8) is 0 Å². The van der Waals surface area contributed by atoms with Gasteiger partial charge in [0, 0.05) is 17.5 Å². The molecule has 2 saturated carbocycles. The van der Waals surface area contributed by atoms with Crippen LogP contribution in [0.15, 0.2) is 11.5 Å². The van der Waals surface area contributed by atoms with E-state index in [2.05, 4.69) is 26.1 Å². The smallest absolute Gasteiger partial charge is 0.173 e. The molecule has 2 aliphatic carbocycles. The van der Waals surface area contributed by atoms with E-state index < -0.39 is 9.84 Å². The van der Waals surface area contributed by atoms with E-state index in [1.54, 1.807) is 0 Å². The third-order valence-corrected chi connectivity index (χ3v) is 6.98. The van der Waals surface area contributed by atoms with Crippen molar-refractivity contribution in [3.8, 4) is 0 Å². The van der Waals surface area contributed by atoms with Crippen LogP contribution >= 0.6 is 0 Å². The Bertz CT molecular complexity index is 489. The lowest BCUT2D eigenvalue weighted by Gasteiger charge is -2.44. The highest BCUT2D eigenvalue weighted by molar-refractivity contribution is 7.94. The Morgan fingerprint density at radius 3 is 2.50 bits per heavy atom. The third-order valence-electron chi connectivity index (χ3n) is 5.58. The molecule has 0 aromatic rings. The topological polar surface area (TPSA) is 46.2 Å². The van der Waals surface area contributed by atoms with Crippen LogP contribution in [0.2, 0.25) is 0 Å². The average Bonchev–Trinajstić information content (AvgIpc) is 2.83. The molecule has 4 heteroatoms. The predicted molar refractivity (Wildman–Crippen MR) is 72.9 cm³/mol. The Hall–Kier alpha value is -0.350. The van der Waals surface area contributed by atoms with Gasteiger partial charge in [-0.1, -0.05) is 26.8 Å². The molecule has 3 aliphatic rings. The first-order valence-electron chi connectivity index (χ1n) is 6.90. The molecule has 0 aromatic heterocycles. The second kappa shape index (κ2) is 3.60. The summed E-state index contributed by atoms with van der Waals surface area (Å²) in [6.07, 6.45) is 5.73. The van der Waals surface area contributed by atoms with Gasteiger partial charge in [-0.05, 0) is 36.0 Å². The second-order valence-electron chi connectivity index (χ2n) is 7.28. The summed E-state index contributed by atoms with van der Waals surface area (Å²) in [5.74, 6) is 1.03. The van der Waals surface area contributed by atoms with Crippen molar-refractivity contribution in [2.24, 2.45) is 16.7 Å². The van der Waals surface area contributed by atoms with E-state index in [4.69, 9.17) is 0 Å².